The normalized spacial score (nSPS) is 16.7. The third-order valence-corrected chi connectivity index (χ3v) is 3.67. The second kappa shape index (κ2) is 5.13. The third-order valence-electron chi connectivity index (χ3n) is 3.34. The van der Waals surface area contributed by atoms with Crippen LogP contribution in [-0.2, 0) is 0 Å². The van der Waals surface area contributed by atoms with E-state index >= 15 is 0 Å². The number of phenolic OH excluding ortho intramolecular Hbond substituents is 1. The van der Waals surface area contributed by atoms with Gasteiger partial charge in [0.25, 0.3) is 0 Å². The van der Waals surface area contributed by atoms with Gasteiger partial charge in [-0.25, -0.2) is 4.68 Å². The van der Waals surface area contributed by atoms with Crippen LogP contribution >= 0.6 is 11.6 Å². The lowest BCUT2D eigenvalue weighted by Gasteiger charge is -2.26. The number of rotatable bonds is 2. The Morgan fingerprint density at radius 1 is 1.55 bits per heavy atom. The molecule has 1 aliphatic heterocycles. The number of fused-ring (bicyclic) bond motifs is 1. The molecule has 8 nitrogen and oxygen atoms in total. The van der Waals surface area contributed by atoms with Crippen molar-refractivity contribution in [3.8, 4) is 17.6 Å². The maximum absolute atomic E-state index is 9.79. The maximum atomic E-state index is 9.79. The monoisotopic (exact) mass is 318 g/mol. The van der Waals surface area contributed by atoms with Gasteiger partial charge in [0.05, 0.1) is 17.7 Å². The van der Waals surface area contributed by atoms with Gasteiger partial charge in [0.15, 0.2) is 11.5 Å². The van der Waals surface area contributed by atoms with Gasteiger partial charge in [0.1, 0.15) is 24.3 Å². The standard InChI is InChI=1S/C13H11ClN6O2/c1-22-10-2-6(8(14)3-9(10)21)11-7(4-15)12(16)19-13-17-5-18-20(11)13/h2-3,5,11,21H,16H2,1H3,(H,17,18,19). The Labute approximate surface area is 130 Å². The van der Waals surface area contributed by atoms with E-state index < -0.39 is 6.04 Å². The maximum Gasteiger partial charge on any atom is 0.227 e. The zero-order valence-corrected chi connectivity index (χ0v) is 12.2. The Bertz CT molecular complexity index is 822. The predicted octanol–water partition coefficient (Wildman–Crippen LogP) is 1.35. The summed E-state index contributed by atoms with van der Waals surface area (Å²) in [6.07, 6.45) is 1.34. The molecule has 9 heteroatoms. The number of aromatic nitrogens is 3. The first kappa shape index (κ1) is 14.0. The number of phenols is 1. The average Bonchev–Trinajstić information content (AvgIpc) is 2.94. The van der Waals surface area contributed by atoms with Crippen LogP contribution in [0, 0.1) is 11.3 Å². The number of ether oxygens (including phenoxy) is 1. The summed E-state index contributed by atoms with van der Waals surface area (Å²) in [5.41, 5.74) is 6.64. The summed E-state index contributed by atoms with van der Waals surface area (Å²) in [7, 11) is 1.42. The van der Waals surface area contributed by atoms with Crippen molar-refractivity contribution >= 4 is 17.5 Å². The van der Waals surface area contributed by atoms with Crippen molar-refractivity contribution in [2.75, 3.05) is 12.4 Å². The molecule has 0 aliphatic carbocycles. The molecule has 1 aromatic carbocycles. The number of nitriles is 1. The molecular weight excluding hydrogens is 308 g/mol. The summed E-state index contributed by atoms with van der Waals surface area (Å²) >= 11 is 6.23. The van der Waals surface area contributed by atoms with Crippen LogP contribution in [-0.4, -0.2) is 27.0 Å². The number of nitrogens with two attached hydrogens (primary N) is 1. The first-order chi connectivity index (χ1) is 10.6. The molecule has 3 rings (SSSR count). The molecule has 1 atom stereocenters. The lowest BCUT2D eigenvalue weighted by molar-refractivity contribution is 0.372. The summed E-state index contributed by atoms with van der Waals surface area (Å²) in [4.78, 5) is 4.03. The number of nitrogens with one attached hydrogen (secondary N) is 1. The number of hydrogen-bond donors (Lipinski definition) is 3. The van der Waals surface area contributed by atoms with Crippen molar-refractivity contribution in [3.05, 3.63) is 40.4 Å². The molecule has 1 unspecified atom stereocenters. The largest absolute Gasteiger partial charge is 0.504 e. The number of hydrogen-bond acceptors (Lipinski definition) is 7. The van der Waals surface area contributed by atoms with E-state index in [-0.39, 0.29) is 27.9 Å². The van der Waals surface area contributed by atoms with E-state index in [1.165, 1.54) is 24.2 Å². The molecule has 1 aromatic heterocycles. The molecule has 0 bridgehead atoms. The quantitative estimate of drug-likeness (QED) is 0.764. The van der Waals surface area contributed by atoms with Crippen LogP contribution in [0.4, 0.5) is 5.95 Å². The van der Waals surface area contributed by atoms with Gasteiger partial charge in [-0.2, -0.15) is 15.3 Å². The smallest absolute Gasteiger partial charge is 0.227 e. The number of nitrogens with zero attached hydrogens (tertiary/aromatic N) is 4. The molecule has 2 aromatic rings. The minimum absolute atomic E-state index is 0.0977. The van der Waals surface area contributed by atoms with E-state index in [9.17, 15) is 10.4 Å². The Hall–Kier alpha value is -2.92. The van der Waals surface area contributed by atoms with Crippen LogP contribution in [0.1, 0.15) is 11.6 Å². The zero-order valence-electron chi connectivity index (χ0n) is 11.4. The lowest BCUT2D eigenvalue weighted by atomic mass is 9.97. The van der Waals surface area contributed by atoms with Crippen molar-refractivity contribution in [2.45, 2.75) is 6.04 Å². The molecule has 4 N–H and O–H groups in total. The van der Waals surface area contributed by atoms with Crippen molar-refractivity contribution in [3.63, 3.8) is 0 Å². The van der Waals surface area contributed by atoms with E-state index in [0.29, 0.717) is 11.5 Å². The van der Waals surface area contributed by atoms with Crippen LogP contribution < -0.4 is 15.8 Å². The van der Waals surface area contributed by atoms with E-state index in [1.807, 2.05) is 0 Å². The van der Waals surface area contributed by atoms with Gasteiger partial charge in [0.2, 0.25) is 5.95 Å². The van der Waals surface area contributed by atoms with Crippen LogP contribution in [0.2, 0.25) is 5.02 Å². The molecule has 0 fully saturated rings. The number of halogens is 1. The number of methoxy groups -OCH3 is 1. The molecule has 2 heterocycles. The van der Waals surface area contributed by atoms with Crippen molar-refractivity contribution in [1.82, 2.24) is 14.8 Å². The summed E-state index contributed by atoms with van der Waals surface area (Å²) in [5, 5.41) is 26.4. The number of aromatic hydroxyl groups is 1. The molecule has 0 spiro atoms. The SMILES string of the molecule is COc1cc(C2C(C#N)=C(N)Nc3ncnn32)c(Cl)cc1O. The molecule has 0 amide bonds. The molecular formula is C13H11ClN6O2. The fraction of sp³-hybridized carbons (Fsp3) is 0.154. The van der Waals surface area contributed by atoms with Gasteiger partial charge in [-0.15, -0.1) is 0 Å². The Morgan fingerprint density at radius 3 is 3.00 bits per heavy atom. The van der Waals surface area contributed by atoms with Gasteiger partial charge >= 0.3 is 0 Å². The highest BCUT2D eigenvalue weighted by Gasteiger charge is 2.32. The highest BCUT2D eigenvalue weighted by atomic mass is 35.5. The van der Waals surface area contributed by atoms with Gasteiger partial charge < -0.3 is 20.9 Å². The van der Waals surface area contributed by atoms with Gasteiger partial charge in [-0.05, 0) is 6.07 Å². The summed E-state index contributed by atoms with van der Waals surface area (Å²) in [6, 6.07) is 4.28. The van der Waals surface area contributed by atoms with Crippen molar-refractivity contribution in [1.29, 1.82) is 5.26 Å². The molecule has 112 valence electrons. The first-order valence-electron chi connectivity index (χ1n) is 6.19. The predicted molar refractivity (Wildman–Crippen MR) is 78.3 cm³/mol. The number of benzene rings is 1. The average molecular weight is 319 g/mol. The summed E-state index contributed by atoms with van der Waals surface area (Å²) < 4.78 is 6.59. The van der Waals surface area contributed by atoms with Crippen LogP contribution in [0.5, 0.6) is 11.5 Å². The lowest BCUT2D eigenvalue weighted by Crippen LogP contribution is -2.28. The van der Waals surface area contributed by atoms with E-state index in [2.05, 4.69) is 21.5 Å². The zero-order chi connectivity index (χ0) is 15.9. The summed E-state index contributed by atoms with van der Waals surface area (Å²) in [6.45, 7) is 0. The number of allylic oxidation sites excluding steroid dienone is 1. The van der Waals surface area contributed by atoms with Gasteiger partial charge in [-0.3, -0.25) is 0 Å². The Balaban J connectivity index is 2.25. The molecule has 22 heavy (non-hydrogen) atoms. The molecule has 1 aliphatic rings. The van der Waals surface area contributed by atoms with Crippen LogP contribution in [0.3, 0.4) is 0 Å². The van der Waals surface area contributed by atoms with Crippen LogP contribution in [0.25, 0.3) is 0 Å². The fourth-order valence-electron chi connectivity index (χ4n) is 2.33. The second-order valence-corrected chi connectivity index (χ2v) is 4.95. The van der Waals surface area contributed by atoms with Crippen molar-refractivity contribution in [2.24, 2.45) is 5.73 Å². The first-order valence-corrected chi connectivity index (χ1v) is 6.57. The van der Waals surface area contributed by atoms with Crippen molar-refractivity contribution < 1.29 is 9.84 Å². The van der Waals surface area contributed by atoms with Crippen LogP contribution in [0.15, 0.2) is 29.9 Å². The Morgan fingerprint density at radius 2 is 2.32 bits per heavy atom. The Kier molecular flexibility index (Phi) is 3.27. The van der Waals surface area contributed by atoms with Gasteiger partial charge in [-0.1, -0.05) is 11.6 Å². The minimum Gasteiger partial charge on any atom is -0.504 e. The molecule has 0 saturated heterocycles. The third kappa shape index (κ3) is 1.99. The molecule has 0 saturated carbocycles. The number of anilines is 1. The van der Waals surface area contributed by atoms with E-state index in [1.54, 1.807) is 6.07 Å². The van der Waals surface area contributed by atoms with E-state index in [4.69, 9.17) is 22.1 Å². The second-order valence-electron chi connectivity index (χ2n) is 4.54. The van der Waals surface area contributed by atoms with Gasteiger partial charge in [0, 0.05) is 11.6 Å². The highest BCUT2D eigenvalue weighted by molar-refractivity contribution is 6.31. The molecule has 0 radical (unpaired) electrons. The minimum atomic E-state index is -0.661. The summed E-state index contributed by atoms with van der Waals surface area (Å²) in [5.74, 6) is 0.704. The van der Waals surface area contributed by atoms with E-state index in [0.717, 1.165) is 0 Å². The highest BCUT2D eigenvalue weighted by Crippen LogP contribution is 2.41. The topological polar surface area (TPSA) is 122 Å². The fourth-order valence-corrected chi connectivity index (χ4v) is 2.59.